The van der Waals surface area contributed by atoms with E-state index in [2.05, 4.69) is 27.4 Å². The van der Waals surface area contributed by atoms with E-state index in [4.69, 9.17) is 21.7 Å². The lowest BCUT2D eigenvalue weighted by Gasteiger charge is -2.41. The van der Waals surface area contributed by atoms with Crippen LogP contribution in [-0.4, -0.2) is 40.6 Å². The van der Waals surface area contributed by atoms with Gasteiger partial charge in [-0.05, 0) is 76.2 Å². The second-order valence-electron chi connectivity index (χ2n) is 7.96. The zero-order valence-corrected chi connectivity index (χ0v) is 17.5. The molecule has 4 unspecified atom stereocenters. The Hall–Kier alpha value is -1.82. The fourth-order valence-corrected chi connectivity index (χ4v) is 3.83. The molecule has 1 aliphatic carbocycles. The van der Waals surface area contributed by atoms with Gasteiger partial charge in [-0.3, -0.25) is 4.98 Å². The first-order valence-electron chi connectivity index (χ1n) is 9.38. The number of thiocarbonyl (C=S) groups is 1. The number of pyridine rings is 1. The SMILES string of the molecule is CCOC1C(C)CC(c2ccncc2N=C=S)CC1NC(=O)OC(C)(C)C. The molecule has 1 amide bonds. The molecule has 4 atom stereocenters. The van der Waals surface area contributed by atoms with E-state index in [0.29, 0.717) is 6.61 Å². The first-order valence-corrected chi connectivity index (χ1v) is 9.78. The number of carbonyl (C=O) groups excluding carboxylic acids is 1. The second-order valence-corrected chi connectivity index (χ2v) is 8.14. The Kier molecular flexibility index (Phi) is 7.48. The molecule has 1 aliphatic rings. The van der Waals surface area contributed by atoms with Crippen molar-refractivity contribution >= 4 is 29.2 Å². The zero-order valence-electron chi connectivity index (χ0n) is 16.7. The predicted octanol–water partition coefficient (Wildman–Crippen LogP) is 4.63. The van der Waals surface area contributed by atoms with Crippen molar-refractivity contribution in [2.75, 3.05) is 6.61 Å². The van der Waals surface area contributed by atoms with Crippen LogP contribution in [0.1, 0.15) is 58.9 Å². The molecule has 7 heteroatoms. The highest BCUT2D eigenvalue weighted by Crippen LogP contribution is 2.40. The van der Waals surface area contributed by atoms with Crippen molar-refractivity contribution in [2.45, 2.75) is 71.1 Å². The molecular formula is C20H29N3O3S. The van der Waals surface area contributed by atoms with Crippen LogP contribution in [0.15, 0.2) is 23.5 Å². The Balaban J connectivity index is 2.24. The lowest BCUT2D eigenvalue weighted by Crippen LogP contribution is -2.52. The van der Waals surface area contributed by atoms with Crippen LogP contribution in [0.25, 0.3) is 0 Å². The molecule has 0 radical (unpaired) electrons. The summed E-state index contributed by atoms with van der Waals surface area (Å²) >= 11 is 4.76. The average molecular weight is 392 g/mol. The highest BCUT2D eigenvalue weighted by Gasteiger charge is 2.39. The monoisotopic (exact) mass is 391 g/mol. The summed E-state index contributed by atoms with van der Waals surface area (Å²) in [6, 6.07) is 1.82. The normalized spacial score (nSPS) is 25.4. The molecule has 1 fully saturated rings. The molecule has 0 saturated heterocycles. The predicted molar refractivity (Wildman–Crippen MR) is 109 cm³/mol. The van der Waals surface area contributed by atoms with Gasteiger partial charge in [-0.1, -0.05) is 6.92 Å². The maximum atomic E-state index is 12.4. The Morgan fingerprint density at radius 2 is 2.19 bits per heavy atom. The number of isothiocyanates is 1. The lowest BCUT2D eigenvalue weighted by atomic mass is 9.74. The van der Waals surface area contributed by atoms with Crippen molar-refractivity contribution < 1.29 is 14.3 Å². The number of hydrogen-bond donors (Lipinski definition) is 1. The van der Waals surface area contributed by atoms with Crippen molar-refractivity contribution in [3.05, 3.63) is 24.0 Å². The number of carbonyl (C=O) groups is 1. The number of aliphatic imine (C=N–C) groups is 1. The number of amides is 1. The van der Waals surface area contributed by atoms with Gasteiger partial charge in [0, 0.05) is 12.8 Å². The molecule has 1 aromatic rings. The van der Waals surface area contributed by atoms with Gasteiger partial charge >= 0.3 is 6.09 Å². The molecule has 0 aliphatic heterocycles. The summed E-state index contributed by atoms with van der Waals surface area (Å²) in [6.07, 6.45) is 4.65. The fourth-order valence-electron chi connectivity index (χ4n) is 3.73. The Morgan fingerprint density at radius 1 is 1.44 bits per heavy atom. The fraction of sp³-hybridized carbons (Fsp3) is 0.650. The summed E-state index contributed by atoms with van der Waals surface area (Å²) in [4.78, 5) is 20.6. The van der Waals surface area contributed by atoms with Gasteiger partial charge in [-0.25, -0.2) is 4.79 Å². The molecule has 148 valence electrons. The van der Waals surface area contributed by atoms with E-state index >= 15 is 0 Å². The molecule has 1 aromatic heterocycles. The third-order valence-electron chi connectivity index (χ3n) is 4.65. The summed E-state index contributed by atoms with van der Waals surface area (Å²) in [6.45, 7) is 10.3. The number of nitrogens with zero attached hydrogens (tertiary/aromatic N) is 2. The Labute approximate surface area is 166 Å². The van der Waals surface area contributed by atoms with Crippen molar-refractivity contribution in [3.8, 4) is 0 Å². The van der Waals surface area contributed by atoms with Gasteiger partial charge in [0.05, 0.1) is 29.2 Å². The maximum absolute atomic E-state index is 12.4. The highest BCUT2D eigenvalue weighted by molar-refractivity contribution is 7.78. The van der Waals surface area contributed by atoms with Crippen LogP contribution in [0, 0.1) is 5.92 Å². The lowest BCUT2D eigenvalue weighted by molar-refractivity contribution is -0.0296. The van der Waals surface area contributed by atoms with Gasteiger partial charge in [0.2, 0.25) is 0 Å². The molecule has 1 saturated carbocycles. The third-order valence-corrected chi connectivity index (χ3v) is 4.74. The van der Waals surface area contributed by atoms with Crippen LogP contribution in [0.5, 0.6) is 0 Å². The van der Waals surface area contributed by atoms with Crippen molar-refractivity contribution in [1.29, 1.82) is 0 Å². The number of hydrogen-bond acceptors (Lipinski definition) is 6. The smallest absolute Gasteiger partial charge is 0.407 e. The van der Waals surface area contributed by atoms with E-state index in [0.717, 1.165) is 24.1 Å². The molecule has 0 bridgehead atoms. The molecule has 1 heterocycles. The van der Waals surface area contributed by atoms with Gasteiger partial charge in [0.15, 0.2) is 0 Å². The van der Waals surface area contributed by atoms with Gasteiger partial charge in [0.25, 0.3) is 0 Å². The number of ether oxygens (including phenoxy) is 2. The molecule has 0 aromatic carbocycles. The van der Waals surface area contributed by atoms with Crippen LogP contribution in [0.2, 0.25) is 0 Å². The van der Waals surface area contributed by atoms with Gasteiger partial charge < -0.3 is 14.8 Å². The number of rotatable bonds is 5. The van der Waals surface area contributed by atoms with Crippen LogP contribution in [0.3, 0.4) is 0 Å². The molecule has 0 spiro atoms. The summed E-state index contributed by atoms with van der Waals surface area (Å²) in [5, 5.41) is 5.45. The Morgan fingerprint density at radius 3 is 2.81 bits per heavy atom. The van der Waals surface area contributed by atoms with Gasteiger partial charge in [-0.15, -0.1) is 0 Å². The van der Waals surface area contributed by atoms with E-state index in [1.54, 1.807) is 12.4 Å². The van der Waals surface area contributed by atoms with Crippen LogP contribution >= 0.6 is 12.2 Å². The quantitative estimate of drug-likeness (QED) is 0.585. The van der Waals surface area contributed by atoms with Gasteiger partial charge in [-0.2, -0.15) is 4.99 Å². The summed E-state index contributed by atoms with van der Waals surface area (Å²) in [5.41, 5.74) is 1.26. The van der Waals surface area contributed by atoms with Crippen molar-refractivity contribution in [2.24, 2.45) is 10.9 Å². The largest absolute Gasteiger partial charge is 0.444 e. The van der Waals surface area contributed by atoms with E-state index in [-0.39, 0.29) is 24.0 Å². The minimum absolute atomic E-state index is 0.0573. The molecule has 6 nitrogen and oxygen atoms in total. The zero-order chi connectivity index (χ0) is 20.0. The highest BCUT2D eigenvalue weighted by atomic mass is 32.1. The van der Waals surface area contributed by atoms with Crippen LogP contribution in [0.4, 0.5) is 10.5 Å². The summed E-state index contributed by atoms with van der Waals surface area (Å²) in [7, 11) is 0. The number of aromatic nitrogens is 1. The van der Waals surface area contributed by atoms with E-state index in [1.165, 1.54) is 0 Å². The first kappa shape index (κ1) is 21.5. The van der Waals surface area contributed by atoms with Crippen LogP contribution in [-0.2, 0) is 9.47 Å². The second kappa shape index (κ2) is 9.40. The number of nitrogens with one attached hydrogen (secondary N) is 1. The summed E-state index contributed by atoms with van der Waals surface area (Å²) < 4.78 is 11.4. The van der Waals surface area contributed by atoms with Crippen molar-refractivity contribution in [1.82, 2.24) is 10.3 Å². The van der Waals surface area contributed by atoms with Crippen LogP contribution < -0.4 is 5.32 Å². The number of alkyl carbamates (subject to hydrolysis) is 1. The van der Waals surface area contributed by atoms with Gasteiger partial charge in [0.1, 0.15) is 5.60 Å². The van der Waals surface area contributed by atoms with E-state index < -0.39 is 11.7 Å². The van der Waals surface area contributed by atoms with E-state index in [9.17, 15) is 4.79 Å². The topological polar surface area (TPSA) is 72.8 Å². The molecular weight excluding hydrogens is 362 g/mol. The Bertz CT molecular complexity index is 698. The average Bonchev–Trinajstić information content (AvgIpc) is 2.57. The van der Waals surface area contributed by atoms with E-state index in [1.807, 2.05) is 33.8 Å². The maximum Gasteiger partial charge on any atom is 0.407 e. The minimum atomic E-state index is -0.544. The first-order chi connectivity index (χ1) is 12.7. The van der Waals surface area contributed by atoms with Crippen molar-refractivity contribution in [3.63, 3.8) is 0 Å². The minimum Gasteiger partial charge on any atom is -0.444 e. The molecule has 27 heavy (non-hydrogen) atoms. The standard InChI is InChI=1S/C20H29N3O3S/c1-6-25-18-13(2)9-14(15-7-8-21-11-17(15)22-12-27)10-16(18)23-19(24)26-20(3,4)5/h7-8,11,13-14,16,18H,6,9-10H2,1-5H3,(H,23,24). The molecule has 2 rings (SSSR count). The summed E-state index contributed by atoms with van der Waals surface area (Å²) in [5.74, 6) is 0.475. The third kappa shape index (κ3) is 6.09. The molecule has 1 N–H and O–H groups in total.